The van der Waals surface area contributed by atoms with E-state index in [0.29, 0.717) is 0 Å². The molecule has 5 rings (SSSR count). The molecule has 0 radical (unpaired) electrons. The number of hydrogen-bond acceptors (Lipinski definition) is 2. The van der Waals surface area contributed by atoms with Crippen LogP contribution < -0.4 is 5.73 Å². The normalized spacial score (nSPS) is 11.2. The van der Waals surface area contributed by atoms with Crippen LogP contribution in [-0.4, -0.2) is 0 Å². The lowest BCUT2D eigenvalue weighted by molar-refractivity contribution is 1.39. The van der Waals surface area contributed by atoms with Crippen molar-refractivity contribution in [3.8, 4) is 11.1 Å². The summed E-state index contributed by atoms with van der Waals surface area (Å²) in [6.45, 7) is 2.12. The largest absolute Gasteiger partial charge is 0.397 e. The van der Waals surface area contributed by atoms with Gasteiger partial charge in [0, 0.05) is 16.0 Å². The third-order valence-electron chi connectivity index (χ3n) is 5.62. The van der Waals surface area contributed by atoms with E-state index in [-0.39, 0.29) is 0 Å². The molecule has 0 aliphatic rings. The van der Waals surface area contributed by atoms with Crippen LogP contribution in [-0.2, 0) is 5.75 Å². The summed E-state index contributed by atoms with van der Waals surface area (Å²) in [6, 6.07) is 34.6. The number of hydrogen-bond donors (Lipinski definition) is 1. The number of nitrogen functional groups attached to an aromatic ring is 1. The van der Waals surface area contributed by atoms with Crippen molar-refractivity contribution in [3.05, 3.63) is 108 Å². The zero-order valence-electron chi connectivity index (χ0n) is 16.9. The second-order valence-electron chi connectivity index (χ2n) is 7.72. The van der Waals surface area contributed by atoms with Crippen molar-refractivity contribution in [3.63, 3.8) is 0 Å². The summed E-state index contributed by atoms with van der Waals surface area (Å²) in [4.78, 5) is 1.14. The van der Waals surface area contributed by atoms with E-state index in [1.54, 1.807) is 11.8 Å². The van der Waals surface area contributed by atoms with E-state index in [0.717, 1.165) is 21.7 Å². The molecule has 2 N–H and O–H groups in total. The van der Waals surface area contributed by atoms with E-state index in [9.17, 15) is 0 Å². The predicted molar refractivity (Wildman–Crippen MR) is 132 cm³/mol. The predicted octanol–water partition coefficient (Wildman–Crippen LogP) is 7.84. The summed E-state index contributed by atoms with van der Waals surface area (Å²) < 4.78 is 0. The van der Waals surface area contributed by atoms with E-state index < -0.39 is 0 Å². The molecule has 0 aromatic heterocycles. The lowest BCUT2D eigenvalue weighted by Crippen LogP contribution is -1.92. The molecule has 0 atom stereocenters. The lowest BCUT2D eigenvalue weighted by Gasteiger charge is -2.13. The Morgan fingerprint density at radius 2 is 1.40 bits per heavy atom. The Morgan fingerprint density at radius 1 is 0.700 bits per heavy atom. The fourth-order valence-electron chi connectivity index (χ4n) is 3.95. The Bertz CT molecular complexity index is 1340. The molecular formula is C28H23NS. The van der Waals surface area contributed by atoms with E-state index >= 15 is 0 Å². The number of aryl methyl sites for hydroxylation is 1. The SMILES string of the molecule is Cc1ccc(-c2ccc3c(ccc4ccc(SCc5ccccc5)c(N)c43)c2)cc1. The minimum atomic E-state index is 0.877. The molecule has 0 saturated heterocycles. The molecule has 146 valence electrons. The number of anilines is 1. The number of rotatable bonds is 4. The summed E-state index contributed by atoms with van der Waals surface area (Å²) in [5.74, 6) is 0.916. The Morgan fingerprint density at radius 3 is 2.20 bits per heavy atom. The molecule has 0 unspecified atom stereocenters. The van der Waals surface area contributed by atoms with Gasteiger partial charge in [0.05, 0.1) is 5.69 Å². The maximum Gasteiger partial charge on any atom is 0.0538 e. The zero-order valence-corrected chi connectivity index (χ0v) is 17.7. The van der Waals surface area contributed by atoms with E-state index in [2.05, 4.69) is 104 Å². The van der Waals surface area contributed by atoms with Crippen LogP contribution >= 0.6 is 11.8 Å². The molecule has 0 aliphatic heterocycles. The average molecular weight is 406 g/mol. The molecule has 0 saturated carbocycles. The van der Waals surface area contributed by atoms with E-state index in [1.807, 2.05) is 0 Å². The third kappa shape index (κ3) is 3.55. The van der Waals surface area contributed by atoms with Gasteiger partial charge >= 0.3 is 0 Å². The van der Waals surface area contributed by atoms with Gasteiger partial charge in [-0.1, -0.05) is 90.5 Å². The van der Waals surface area contributed by atoms with Crippen LogP contribution in [0, 0.1) is 6.92 Å². The summed E-state index contributed by atoms with van der Waals surface area (Å²) in [7, 11) is 0. The van der Waals surface area contributed by atoms with Gasteiger partial charge in [-0.05, 0) is 51.9 Å². The Hall–Kier alpha value is -3.23. The van der Waals surface area contributed by atoms with Crippen molar-refractivity contribution in [2.24, 2.45) is 0 Å². The Kier molecular flexibility index (Phi) is 4.94. The zero-order chi connectivity index (χ0) is 20.5. The van der Waals surface area contributed by atoms with Gasteiger partial charge in [-0.3, -0.25) is 0 Å². The van der Waals surface area contributed by atoms with Gasteiger partial charge in [-0.15, -0.1) is 11.8 Å². The van der Waals surface area contributed by atoms with Crippen molar-refractivity contribution in [1.29, 1.82) is 0 Å². The molecular weight excluding hydrogens is 382 g/mol. The molecule has 0 bridgehead atoms. The summed E-state index contributed by atoms with van der Waals surface area (Å²) in [6.07, 6.45) is 0. The first kappa shape index (κ1) is 18.8. The fraction of sp³-hybridized carbons (Fsp3) is 0.0714. The highest BCUT2D eigenvalue weighted by molar-refractivity contribution is 7.98. The van der Waals surface area contributed by atoms with Gasteiger partial charge in [0.25, 0.3) is 0 Å². The van der Waals surface area contributed by atoms with Gasteiger partial charge in [0.2, 0.25) is 0 Å². The summed E-state index contributed by atoms with van der Waals surface area (Å²) in [5, 5.41) is 4.77. The van der Waals surface area contributed by atoms with Crippen LogP contribution in [0.4, 0.5) is 5.69 Å². The summed E-state index contributed by atoms with van der Waals surface area (Å²) >= 11 is 1.80. The van der Waals surface area contributed by atoms with E-state index in [1.165, 1.54) is 38.4 Å². The molecule has 2 heteroatoms. The van der Waals surface area contributed by atoms with Crippen LogP contribution in [0.2, 0.25) is 0 Å². The second kappa shape index (κ2) is 7.89. The molecule has 5 aromatic carbocycles. The molecule has 1 nitrogen and oxygen atoms in total. The Balaban J connectivity index is 1.56. The maximum atomic E-state index is 6.69. The fourth-order valence-corrected chi connectivity index (χ4v) is 4.89. The maximum absolute atomic E-state index is 6.69. The summed E-state index contributed by atoms with van der Waals surface area (Å²) in [5.41, 5.74) is 12.6. The van der Waals surface area contributed by atoms with Gasteiger partial charge in [0.15, 0.2) is 0 Å². The van der Waals surface area contributed by atoms with Crippen molar-refractivity contribution >= 4 is 39.0 Å². The molecule has 0 aliphatic carbocycles. The van der Waals surface area contributed by atoms with Crippen molar-refractivity contribution < 1.29 is 0 Å². The van der Waals surface area contributed by atoms with Crippen LogP contribution in [0.5, 0.6) is 0 Å². The minimum absolute atomic E-state index is 0.877. The van der Waals surface area contributed by atoms with Crippen molar-refractivity contribution in [2.75, 3.05) is 5.73 Å². The molecule has 0 heterocycles. The number of thioether (sulfide) groups is 1. The first-order chi connectivity index (χ1) is 14.7. The molecule has 0 fully saturated rings. The number of benzene rings is 5. The number of nitrogens with two attached hydrogens (primary N) is 1. The highest BCUT2D eigenvalue weighted by Gasteiger charge is 2.10. The molecule has 30 heavy (non-hydrogen) atoms. The third-order valence-corrected chi connectivity index (χ3v) is 6.77. The quantitative estimate of drug-likeness (QED) is 0.187. The van der Waals surface area contributed by atoms with Crippen LogP contribution in [0.15, 0.2) is 102 Å². The topological polar surface area (TPSA) is 26.0 Å². The first-order valence-corrected chi connectivity index (χ1v) is 11.2. The van der Waals surface area contributed by atoms with Crippen LogP contribution in [0.3, 0.4) is 0 Å². The average Bonchev–Trinajstić information content (AvgIpc) is 2.79. The van der Waals surface area contributed by atoms with Crippen molar-refractivity contribution in [1.82, 2.24) is 0 Å². The number of fused-ring (bicyclic) bond motifs is 3. The molecule has 5 aromatic rings. The lowest BCUT2D eigenvalue weighted by atomic mass is 9.96. The standard InChI is InChI=1S/C28H23NS/c1-19-7-9-21(10-8-19)23-13-15-25-24(17-23)12-11-22-14-16-26(28(29)27(22)25)30-18-20-5-3-2-4-6-20/h2-17H,18,29H2,1H3. The minimum Gasteiger partial charge on any atom is -0.397 e. The van der Waals surface area contributed by atoms with E-state index in [4.69, 9.17) is 5.73 Å². The molecule has 0 spiro atoms. The van der Waals surface area contributed by atoms with Gasteiger partial charge in [-0.25, -0.2) is 0 Å². The monoisotopic (exact) mass is 405 g/mol. The first-order valence-electron chi connectivity index (χ1n) is 10.2. The van der Waals surface area contributed by atoms with Crippen molar-refractivity contribution in [2.45, 2.75) is 17.6 Å². The smallest absolute Gasteiger partial charge is 0.0538 e. The van der Waals surface area contributed by atoms with Gasteiger partial charge < -0.3 is 5.73 Å². The Labute approximate surface area is 181 Å². The van der Waals surface area contributed by atoms with Gasteiger partial charge in [-0.2, -0.15) is 0 Å². The second-order valence-corrected chi connectivity index (χ2v) is 8.73. The highest BCUT2D eigenvalue weighted by atomic mass is 32.2. The highest BCUT2D eigenvalue weighted by Crippen LogP contribution is 2.38. The van der Waals surface area contributed by atoms with Gasteiger partial charge in [0.1, 0.15) is 0 Å². The molecule has 0 amide bonds. The van der Waals surface area contributed by atoms with Crippen LogP contribution in [0.1, 0.15) is 11.1 Å². The van der Waals surface area contributed by atoms with Crippen LogP contribution in [0.25, 0.3) is 32.7 Å².